The van der Waals surface area contributed by atoms with Crippen molar-refractivity contribution in [3.63, 3.8) is 0 Å². The molecule has 18 heavy (non-hydrogen) atoms. The van der Waals surface area contributed by atoms with Crippen molar-refractivity contribution in [3.8, 4) is 6.07 Å². The molecular weight excluding hydrogens is 246 g/mol. The van der Waals surface area contributed by atoms with Crippen molar-refractivity contribution in [1.29, 1.82) is 5.26 Å². The number of nitriles is 1. The monoisotopic (exact) mass is 261 g/mol. The number of thiophene rings is 1. The molecule has 4 heteroatoms. The maximum atomic E-state index is 12.2. The number of carbonyl (C=O) groups excluding carboxylic acids is 2. The molecule has 0 aromatic carbocycles. The predicted octanol–water partition coefficient (Wildman–Crippen LogP) is 3.22. The molecule has 0 bridgehead atoms. The molecule has 1 aromatic heterocycles. The van der Waals surface area contributed by atoms with Crippen LogP contribution in [0.3, 0.4) is 0 Å². The van der Waals surface area contributed by atoms with Crippen molar-refractivity contribution < 1.29 is 9.59 Å². The molecule has 0 radical (unpaired) electrons. The Morgan fingerprint density at radius 3 is 2.61 bits per heavy atom. The van der Waals surface area contributed by atoms with E-state index in [0.29, 0.717) is 4.88 Å². The first kappa shape index (κ1) is 13.0. The van der Waals surface area contributed by atoms with E-state index in [1.165, 1.54) is 11.3 Å². The van der Waals surface area contributed by atoms with Crippen molar-refractivity contribution >= 4 is 22.9 Å². The van der Waals surface area contributed by atoms with E-state index in [4.69, 9.17) is 5.26 Å². The fourth-order valence-corrected chi connectivity index (χ4v) is 3.13. The molecule has 0 saturated heterocycles. The molecule has 1 unspecified atom stereocenters. The molecule has 3 nitrogen and oxygen atoms in total. The van der Waals surface area contributed by atoms with E-state index < -0.39 is 5.92 Å². The Labute approximate surface area is 110 Å². The molecule has 1 aliphatic rings. The first-order chi connectivity index (χ1) is 8.74. The molecule has 1 saturated carbocycles. The molecule has 1 atom stereocenters. The minimum Gasteiger partial charge on any atom is -0.297 e. The van der Waals surface area contributed by atoms with Crippen molar-refractivity contribution in [2.75, 3.05) is 0 Å². The Hall–Kier alpha value is -1.47. The van der Waals surface area contributed by atoms with Gasteiger partial charge in [0.25, 0.3) is 0 Å². The second-order valence-corrected chi connectivity index (χ2v) is 5.59. The van der Waals surface area contributed by atoms with Crippen molar-refractivity contribution in [1.82, 2.24) is 0 Å². The standard InChI is InChI=1S/C14H15NO2S/c15-9-11(14(17)12-7-4-8-18-12)13(16)10-5-2-1-3-6-10/h4,7-8,10-11H,1-3,5-6H2. The van der Waals surface area contributed by atoms with Gasteiger partial charge in [-0.15, -0.1) is 11.3 Å². The molecule has 1 aromatic rings. The van der Waals surface area contributed by atoms with Crippen LogP contribution in [0.5, 0.6) is 0 Å². The van der Waals surface area contributed by atoms with E-state index in [1.807, 2.05) is 6.07 Å². The summed E-state index contributed by atoms with van der Waals surface area (Å²) in [7, 11) is 0. The minimum absolute atomic E-state index is 0.0905. The number of nitrogens with zero attached hydrogens (tertiary/aromatic N) is 1. The molecule has 1 heterocycles. The summed E-state index contributed by atoms with van der Waals surface area (Å²) < 4.78 is 0. The normalized spacial score (nSPS) is 17.9. The zero-order chi connectivity index (χ0) is 13.0. The largest absolute Gasteiger partial charge is 0.297 e. The summed E-state index contributed by atoms with van der Waals surface area (Å²) in [5.74, 6) is -1.70. The van der Waals surface area contributed by atoms with Gasteiger partial charge >= 0.3 is 0 Å². The van der Waals surface area contributed by atoms with Crippen LogP contribution in [-0.2, 0) is 4.79 Å². The highest BCUT2D eigenvalue weighted by atomic mass is 32.1. The predicted molar refractivity (Wildman–Crippen MR) is 69.3 cm³/mol. The van der Waals surface area contributed by atoms with Gasteiger partial charge in [-0.3, -0.25) is 9.59 Å². The Morgan fingerprint density at radius 2 is 2.06 bits per heavy atom. The summed E-state index contributed by atoms with van der Waals surface area (Å²) in [6.45, 7) is 0. The van der Waals surface area contributed by atoms with Crippen LogP contribution in [0.25, 0.3) is 0 Å². The summed E-state index contributed by atoms with van der Waals surface area (Å²) in [5.41, 5.74) is 0. The van der Waals surface area contributed by atoms with Gasteiger partial charge in [0, 0.05) is 5.92 Å². The Balaban J connectivity index is 2.11. The van der Waals surface area contributed by atoms with Crippen LogP contribution < -0.4 is 0 Å². The molecule has 0 spiro atoms. The van der Waals surface area contributed by atoms with Gasteiger partial charge in [-0.2, -0.15) is 5.26 Å². The van der Waals surface area contributed by atoms with Gasteiger partial charge < -0.3 is 0 Å². The number of rotatable bonds is 4. The van der Waals surface area contributed by atoms with Crippen LogP contribution in [0.4, 0.5) is 0 Å². The summed E-state index contributed by atoms with van der Waals surface area (Å²) >= 11 is 1.29. The Kier molecular flexibility index (Phi) is 4.27. The van der Waals surface area contributed by atoms with Crippen LogP contribution in [0.2, 0.25) is 0 Å². The third kappa shape index (κ3) is 2.68. The lowest BCUT2D eigenvalue weighted by Crippen LogP contribution is -2.29. The number of hydrogen-bond donors (Lipinski definition) is 0. The van der Waals surface area contributed by atoms with Gasteiger partial charge in [0.05, 0.1) is 10.9 Å². The maximum absolute atomic E-state index is 12.2. The number of Topliss-reactive ketones (excluding diaryl/α,β-unsaturated/α-hetero) is 2. The number of carbonyl (C=O) groups is 2. The molecule has 0 amide bonds. The lowest BCUT2D eigenvalue weighted by molar-refractivity contribution is -0.124. The Morgan fingerprint density at radius 1 is 1.33 bits per heavy atom. The van der Waals surface area contributed by atoms with E-state index in [2.05, 4.69) is 0 Å². The van der Waals surface area contributed by atoms with Gasteiger partial charge in [-0.1, -0.05) is 25.3 Å². The van der Waals surface area contributed by atoms with E-state index in [-0.39, 0.29) is 17.5 Å². The van der Waals surface area contributed by atoms with E-state index >= 15 is 0 Å². The van der Waals surface area contributed by atoms with E-state index in [9.17, 15) is 9.59 Å². The summed E-state index contributed by atoms with van der Waals surface area (Å²) in [4.78, 5) is 24.8. The van der Waals surface area contributed by atoms with Gasteiger partial charge in [0.2, 0.25) is 0 Å². The van der Waals surface area contributed by atoms with Crippen LogP contribution in [-0.4, -0.2) is 11.6 Å². The minimum atomic E-state index is -1.10. The third-order valence-electron chi connectivity index (χ3n) is 3.45. The quantitative estimate of drug-likeness (QED) is 0.617. The highest BCUT2D eigenvalue weighted by Gasteiger charge is 2.33. The maximum Gasteiger partial charge on any atom is 0.197 e. The average Bonchev–Trinajstić information content (AvgIpc) is 2.94. The fraction of sp³-hybridized carbons (Fsp3) is 0.500. The average molecular weight is 261 g/mol. The summed E-state index contributed by atoms with van der Waals surface area (Å²) in [5, 5.41) is 10.9. The van der Waals surface area contributed by atoms with Crippen LogP contribution in [0.1, 0.15) is 41.8 Å². The fourth-order valence-electron chi connectivity index (χ4n) is 2.44. The molecule has 94 valence electrons. The second kappa shape index (κ2) is 5.92. The van der Waals surface area contributed by atoms with Gasteiger partial charge in [-0.05, 0) is 24.3 Å². The van der Waals surface area contributed by atoms with Crippen LogP contribution >= 0.6 is 11.3 Å². The van der Waals surface area contributed by atoms with Crippen molar-refractivity contribution in [3.05, 3.63) is 22.4 Å². The van der Waals surface area contributed by atoms with Crippen molar-refractivity contribution in [2.24, 2.45) is 11.8 Å². The lowest BCUT2D eigenvalue weighted by Gasteiger charge is -2.21. The first-order valence-corrected chi connectivity index (χ1v) is 7.13. The molecule has 0 N–H and O–H groups in total. The third-order valence-corrected chi connectivity index (χ3v) is 4.33. The zero-order valence-electron chi connectivity index (χ0n) is 10.1. The highest BCUT2D eigenvalue weighted by Crippen LogP contribution is 2.28. The van der Waals surface area contributed by atoms with Crippen LogP contribution in [0, 0.1) is 23.2 Å². The molecule has 1 aliphatic carbocycles. The SMILES string of the molecule is N#CC(C(=O)c1cccs1)C(=O)C1CCCCC1. The van der Waals surface area contributed by atoms with Gasteiger partial charge in [0.1, 0.15) is 0 Å². The molecular formula is C14H15NO2S. The van der Waals surface area contributed by atoms with E-state index in [1.54, 1.807) is 17.5 Å². The topological polar surface area (TPSA) is 57.9 Å². The van der Waals surface area contributed by atoms with Gasteiger partial charge in [0.15, 0.2) is 17.5 Å². The molecule has 0 aliphatic heterocycles. The first-order valence-electron chi connectivity index (χ1n) is 6.25. The molecule has 1 fully saturated rings. The lowest BCUT2D eigenvalue weighted by atomic mass is 9.80. The second-order valence-electron chi connectivity index (χ2n) is 4.64. The highest BCUT2D eigenvalue weighted by molar-refractivity contribution is 7.12. The van der Waals surface area contributed by atoms with Crippen LogP contribution in [0.15, 0.2) is 17.5 Å². The Bertz CT molecular complexity index is 466. The summed E-state index contributed by atoms with van der Waals surface area (Å²) in [6.07, 6.45) is 4.87. The zero-order valence-corrected chi connectivity index (χ0v) is 10.9. The number of hydrogen-bond acceptors (Lipinski definition) is 4. The smallest absolute Gasteiger partial charge is 0.197 e. The van der Waals surface area contributed by atoms with Crippen molar-refractivity contribution in [2.45, 2.75) is 32.1 Å². The number of ketones is 2. The van der Waals surface area contributed by atoms with Gasteiger partial charge in [-0.25, -0.2) is 0 Å². The molecule has 2 rings (SSSR count). The van der Waals surface area contributed by atoms with E-state index in [0.717, 1.165) is 32.1 Å². The summed E-state index contributed by atoms with van der Waals surface area (Å²) in [6, 6.07) is 5.33.